The van der Waals surface area contributed by atoms with Crippen LogP contribution in [0.3, 0.4) is 0 Å². The Bertz CT molecular complexity index is 171. The van der Waals surface area contributed by atoms with E-state index in [1.54, 1.807) is 0 Å². The van der Waals surface area contributed by atoms with Crippen LogP contribution >= 0.6 is 0 Å². The fourth-order valence-electron chi connectivity index (χ4n) is 3.53. The van der Waals surface area contributed by atoms with Gasteiger partial charge >= 0.3 is 0 Å². The van der Waals surface area contributed by atoms with Crippen molar-refractivity contribution < 1.29 is 0 Å². The Morgan fingerprint density at radius 2 is 1.88 bits per heavy atom. The summed E-state index contributed by atoms with van der Waals surface area (Å²) in [6.07, 6.45) is 11.7. The van der Waals surface area contributed by atoms with Gasteiger partial charge < -0.3 is 0 Å². The van der Waals surface area contributed by atoms with Crippen molar-refractivity contribution in [3.63, 3.8) is 0 Å². The monoisotopic (exact) mass is 224 g/mol. The first-order valence-corrected chi connectivity index (χ1v) is 7.69. The van der Waals surface area contributed by atoms with Gasteiger partial charge in [-0.15, -0.1) is 0 Å². The van der Waals surface area contributed by atoms with Gasteiger partial charge in [0.15, 0.2) is 0 Å². The zero-order valence-corrected chi connectivity index (χ0v) is 12.0. The lowest BCUT2D eigenvalue weighted by molar-refractivity contribution is 0.138. The average molecular weight is 224 g/mol. The highest BCUT2D eigenvalue weighted by Crippen LogP contribution is 2.40. The van der Waals surface area contributed by atoms with Crippen LogP contribution in [0, 0.1) is 23.7 Å². The number of rotatable bonds is 6. The molecule has 0 nitrogen and oxygen atoms in total. The number of unbranched alkanes of at least 4 members (excludes halogenated alkanes) is 1. The molecule has 4 atom stereocenters. The number of hydrogen-bond acceptors (Lipinski definition) is 0. The van der Waals surface area contributed by atoms with Crippen LogP contribution in [0.5, 0.6) is 0 Å². The quantitative estimate of drug-likeness (QED) is 0.545. The Kier molecular flexibility index (Phi) is 6.46. The molecule has 0 saturated heterocycles. The van der Waals surface area contributed by atoms with Crippen molar-refractivity contribution in [2.45, 2.75) is 79.1 Å². The van der Waals surface area contributed by atoms with Crippen molar-refractivity contribution in [1.29, 1.82) is 0 Å². The smallest absolute Gasteiger partial charge is 0.0386 e. The van der Waals surface area contributed by atoms with Crippen LogP contribution < -0.4 is 0 Å². The molecule has 0 bridgehead atoms. The van der Waals surface area contributed by atoms with Crippen molar-refractivity contribution in [3.8, 4) is 0 Å². The standard InChI is InChI=1S/C16H32/c1-5-7-9-15-12-16(11-10-14(15)4)13(3)8-6-2/h13-16H,5-12H2,1-4H3/t13?,14-,15?,16?/m1/s1. The minimum absolute atomic E-state index is 0.974. The molecule has 96 valence electrons. The second-order valence-corrected chi connectivity index (χ2v) is 6.22. The summed E-state index contributed by atoms with van der Waals surface area (Å²) in [4.78, 5) is 0. The van der Waals surface area contributed by atoms with E-state index in [0.29, 0.717) is 0 Å². The zero-order chi connectivity index (χ0) is 12.0. The Balaban J connectivity index is 2.39. The van der Waals surface area contributed by atoms with E-state index >= 15 is 0 Å². The van der Waals surface area contributed by atoms with Crippen LogP contribution in [0.25, 0.3) is 0 Å². The molecule has 16 heavy (non-hydrogen) atoms. The van der Waals surface area contributed by atoms with Crippen molar-refractivity contribution in [1.82, 2.24) is 0 Å². The Hall–Kier alpha value is 0. The highest BCUT2D eigenvalue weighted by atomic mass is 14.3. The summed E-state index contributed by atoms with van der Waals surface area (Å²) in [6, 6.07) is 0. The first-order valence-electron chi connectivity index (χ1n) is 7.69. The molecule has 0 amide bonds. The summed E-state index contributed by atoms with van der Waals surface area (Å²) in [5, 5.41) is 0. The van der Waals surface area contributed by atoms with Crippen LogP contribution in [0.2, 0.25) is 0 Å². The molecule has 1 saturated carbocycles. The molecule has 0 aromatic heterocycles. The summed E-state index contributed by atoms with van der Waals surface area (Å²) in [6.45, 7) is 9.63. The van der Waals surface area contributed by atoms with Gasteiger partial charge in [0.1, 0.15) is 0 Å². The molecule has 0 spiro atoms. The summed E-state index contributed by atoms with van der Waals surface area (Å²) < 4.78 is 0. The molecule has 0 heterocycles. The van der Waals surface area contributed by atoms with Crippen LogP contribution in [0.15, 0.2) is 0 Å². The highest BCUT2D eigenvalue weighted by molar-refractivity contribution is 4.80. The lowest BCUT2D eigenvalue weighted by Crippen LogP contribution is -2.26. The van der Waals surface area contributed by atoms with Gasteiger partial charge in [-0.25, -0.2) is 0 Å². The van der Waals surface area contributed by atoms with Crippen LogP contribution in [-0.4, -0.2) is 0 Å². The fourth-order valence-corrected chi connectivity index (χ4v) is 3.53. The molecule has 1 aliphatic carbocycles. The molecule has 0 aromatic carbocycles. The third-order valence-corrected chi connectivity index (χ3v) is 4.88. The van der Waals surface area contributed by atoms with Crippen molar-refractivity contribution in [2.75, 3.05) is 0 Å². The highest BCUT2D eigenvalue weighted by Gasteiger charge is 2.29. The van der Waals surface area contributed by atoms with E-state index in [-0.39, 0.29) is 0 Å². The fraction of sp³-hybridized carbons (Fsp3) is 1.00. The van der Waals surface area contributed by atoms with Gasteiger partial charge in [-0.05, 0) is 36.5 Å². The molecule has 0 radical (unpaired) electrons. The first kappa shape index (κ1) is 14.1. The minimum atomic E-state index is 0.974. The predicted octanol–water partition coefficient (Wildman–Crippen LogP) is 5.67. The topological polar surface area (TPSA) is 0 Å². The lowest BCUT2D eigenvalue weighted by Gasteiger charge is -2.37. The van der Waals surface area contributed by atoms with Gasteiger partial charge in [0.05, 0.1) is 0 Å². The van der Waals surface area contributed by atoms with E-state index in [1.807, 2.05) is 0 Å². The van der Waals surface area contributed by atoms with Gasteiger partial charge in [0, 0.05) is 0 Å². The molecule has 1 fully saturated rings. The van der Waals surface area contributed by atoms with Gasteiger partial charge in [-0.3, -0.25) is 0 Å². The van der Waals surface area contributed by atoms with Crippen molar-refractivity contribution >= 4 is 0 Å². The second-order valence-electron chi connectivity index (χ2n) is 6.22. The van der Waals surface area contributed by atoms with E-state index in [0.717, 1.165) is 23.7 Å². The summed E-state index contributed by atoms with van der Waals surface area (Å²) in [7, 11) is 0. The average Bonchev–Trinajstić information content (AvgIpc) is 2.28. The number of hydrogen-bond donors (Lipinski definition) is 0. The Labute approximate surface area is 103 Å². The maximum Gasteiger partial charge on any atom is -0.0386 e. The van der Waals surface area contributed by atoms with E-state index in [2.05, 4.69) is 27.7 Å². The van der Waals surface area contributed by atoms with E-state index in [4.69, 9.17) is 0 Å². The van der Waals surface area contributed by atoms with Crippen LogP contribution in [0.4, 0.5) is 0 Å². The zero-order valence-electron chi connectivity index (χ0n) is 12.0. The van der Waals surface area contributed by atoms with E-state index < -0.39 is 0 Å². The SMILES string of the molecule is CCCCC1CC(C(C)CCC)CC[C@H]1C. The summed E-state index contributed by atoms with van der Waals surface area (Å²) >= 11 is 0. The molecule has 0 heteroatoms. The predicted molar refractivity (Wildman–Crippen MR) is 73.6 cm³/mol. The normalized spacial score (nSPS) is 32.6. The lowest BCUT2D eigenvalue weighted by atomic mass is 9.69. The van der Waals surface area contributed by atoms with Gasteiger partial charge in [-0.2, -0.15) is 0 Å². The van der Waals surface area contributed by atoms with Crippen molar-refractivity contribution in [3.05, 3.63) is 0 Å². The summed E-state index contributed by atoms with van der Waals surface area (Å²) in [5.74, 6) is 4.05. The van der Waals surface area contributed by atoms with Crippen molar-refractivity contribution in [2.24, 2.45) is 23.7 Å². The molecular formula is C16H32. The molecule has 1 rings (SSSR count). The minimum Gasteiger partial charge on any atom is -0.0654 e. The molecular weight excluding hydrogens is 192 g/mol. The van der Waals surface area contributed by atoms with Gasteiger partial charge in [0.25, 0.3) is 0 Å². The molecule has 0 aromatic rings. The van der Waals surface area contributed by atoms with Crippen LogP contribution in [-0.2, 0) is 0 Å². The van der Waals surface area contributed by atoms with Gasteiger partial charge in [0.2, 0.25) is 0 Å². The molecule has 0 aliphatic heterocycles. The Morgan fingerprint density at radius 1 is 1.12 bits per heavy atom. The molecule has 1 aliphatic rings. The van der Waals surface area contributed by atoms with Gasteiger partial charge in [-0.1, -0.05) is 66.2 Å². The van der Waals surface area contributed by atoms with E-state index in [9.17, 15) is 0 Å². The maximum atomic E-state index is 2.49. The second kappa shape index (κ2) is 7.35. The Morgan fingerprint density at radius 3 is 2.50 bits per heavy atom. The summed E-state index contributed by atoms with van der Waals surface area (Å²) in [5.41, 5.74) is 0. The first-order chi connectivity index (χ1) is 7.69. The molecule has 0 N–H and O–H groups in total. The van der Waals surface area contributed by atoms with Crippen LogP contribution in [0.1, 0.15) is 79.1 Å². The van der Waals surface area contributed by atoms with E-state index in [1.165, 1.54) is 51.4 Å². The third kappa shape index (κ3) is 4.11. The third-order valence-electron chi connectivity index (χ3n) is 4.88. The molecule has 3 unspecified atom stereocenters. The largest absolute Gasteiger partial charge is 0.0654 e. The maximum absolute atomic E-state index is 2.49.